The zero-order valence-corrected chi connectivity index (χ0v) is 15.5. The van der Waals surface area contributed by atoms with Crippen molar-refractivity contribution >= 4 is 23.0 Å². The van der Waals surface area contributed by atoms with Crippen molar-refractivity contribution in [3.63, 3.8) is 0 Å². The maximum absolute atomic E-state index is 12.5. The number of para-hydroxylation sites is 2. The number of aromatic hydroxyl groups is 1. The minimum atomic E-state index is -0.414. The smallest absolute Gasteiger partial charge is 0.288 e. The quantitative estimate of drug-likeness (QED) is 0.890. The van der Waals surface area contributed by atoms with E-state index in [1.165, 1.54) is 4.68 Å². The maximum atomic E-state index is 12.5. The van der Waals surface area contributed by atoms with Crippen LogP contribution in [0.3, 0.4) is 0 Å². The van der Waals surface area contributed by atoms with Gasteiger partial charge in [-0.2, -0.15) is 5.10 Å². The molecule has 6 nitrogen and oxygen atoms in total. The summed E-state index contributed by atoms with van der Waals surface area (Å²) in [4.78, 5) is 16.7. The summed E-state index contributed by atoms with van der Waals surface area (Å²) in [7, 11) is 0. The molecule has 0 amide bonds. The molecule has 1 fully saturated rings. The number of hydrogen-bond donors (Lipinski definition) is 1. The number of benzene rings is 1. The van der Waals surface area contributed by atoms with E-state index in [4.69, 9.17) is 11.6 Å². The van der Waals surface area contributed by atoms with Crippen molar-refractivity contribution in [3.05, 3.63) is 45.8 Å². The van der Waals surface area contributed by atoms with Crippen LogP contribution in [0.5, 0.6) is 5.75 Å². The number of nitrogens with zero attached hydrogens (tertiary/aromatic N) is 4. The second kappa shape index (κ2) is 6.59. The van der Waals surface area contributed by atoms with E-state index in [9.17, 15) is 9.90 Å². The van der Waals surface area contributed by atoms with Crippen molar-refractivity contribution in [2.45, 2.75) is 26.3 Å². The van der Waals surface area contributed by atoms with Crippen LogP contribution in [0.2, 0.25) is 5.02 Å². The van der Waals surface area contributed by atoms with Gasteiger partial charge in [0.1, 0.15) is 10.8 Å². The van der Waals surface area contributed by atoms with E-state index >= 15 is 0 Å². The highest BCUT2D eigenvalue weighted by Gasteiger charge is 2.24. The highest BCUT2D eigenvalue weighted by molar-refractivity contribution is 6.33. The Morgan fingerprint density at radius 1 is 1.04 bits per heavy atom. The van der Waals surface area contributed by atoms with E-state index < -0.39 is 5.54 Å². The Balaban J connectivity index is 1.79. The van der Waals surface area contributed by atoms with Gasteiger partial charge in [0.05, 0.1) is 23.1 Å². The van der Waals surface area contributed by atoms with Crippen molar-refractivity contribution < 1.29 is 5.11 Å². The average Bonchev–Trinajstić information content (AvgIpc) is 2.57. The molecule has 1 N–H and O–H groups in total. The second-order valence-corrected chi connectivity index (χ2v) is 7.57. The van der Waals surface area contributed by atoms with E-state index in [0.29, 0.717) is 18.8 Å². The minimum Gasteiger partial charge on any atom is -0.506 e. The Morgan fingerprint density at radius 3 is 2.16 bits per heavy atom. The molecule has 1 aliphatic rings. The van der Waals surface area contributed by atoms with E-state index in [0.717, 1.165) is 18.8 Å². The maximum Gasteiger partial charge on any atom is 0.288 e. The Morgan fingerprint density at radius 2 is 1.60 bits per heavy atom. The molecule has 2 heterocycles. The van der Waals surface area contributed by atoms with Crippen LogP contribution in [0.1, 0.15) is 20.8 Å². The SMILES string of the molecule is CC(C)(C)n1ncc(N2CCN(c3ccccc3O)CC2)c(Cl)c1=O. The molecule has 7 heteroatoms. The summed E-state index contributed by atoms with van der Waals surface area (Å²) in [5, 5.41) is 14.5. The molecular weight excluding hydrogens is 340 g/mol. The third-order valence-electron chi connectivity index (χ3n) is 4.38. The fraction of sp³-hybridized carbons (Fsp3) is 0.444. The molecule has 1 saturated heterocycles. The second-order valence-electron chi connectivity index (χ2n) is 7.19. The van der Waals surface area contributed by atoms with Crippen molar-refractivity contribution in [2.75, 3.05) is 36.0 Å². The predicted octanol–water partition coefficient (Wildman–Crippen LogP) is 2.68. The number of piperazine rings is 1. The van der Waals surface area contributed by atoms with Gasteiger partial charge in [0.2, 0.25) is 0 Å². The zero-order chi connectivity index (χ0) is 18.2. The van der Waals surface area contributed by atoms with E-state index in [1.54, 1.807) is 12.3 Å². The lowest BCUT2D eigenvalue weighted by atomic mass is 10.1. The molecule has 1 aliphatic heterocycles. The molecule has 1 aromatic carbocycles. The van der Waals surface area contributed by atoms with E-state index in [-0.39, 0.29) is 16.3 Å². The Labute approximate surface area is 152 Å². The fourth-order valence-electron chi connectivity index (χ4n) is 3.04. The van der Waals surface area contributed by atoms with Gasteiger partial charge >= 0.3 is 0 Å². The van der Waals surface area contributed by atoms with Crippen LogP contribution < -0.4 is 15.4 Å². The lowest BCUT2D eigenvalue weighted by Gasteiger charge is -2.37. The van der Waals surface area contributed by atoms with Crippen LogP contribution in [0, 0.1) is 0 Å². The lowest BCUT2D eigenvalue weighted by molar-refractivity contribution is 0.338. The Bertz CT molecular complexity index is 821. The number of aromatic nitrogens is 2. The molecule has 3 rings (SSSR count). The van der Waals surface area contributed by atoms with Gasteiger partial charge in [-0.1, -0.05) is 23.7 Å². The molecule has 0 aliphatic carbocycles. The van der Waals surface area contributed by atoms with Crippen molar-refractivity contribution in [2.24, 2.45) is 0 Å². The molecule has 2 aromatic rings. The monoisotopic (exact) mass is 362 g/mol. The van der Waals surface area contributed by atoms with Crippen LogP contribution >= 0.6 is 11.6 Å². The first kappa shape index (κ1) is 17.6. The van der Waals surface area contributed by atoms with Gasteiger partial charge in [0, 0.05) is 26.2 Å². The molecule has 0 bridgehead atoms. The largest absolute Gasteiger partial charge is 0.506 e. The normalized spacial score (nSPS) is 15.5. The van der Waals surface area contributed by atoms with Crippen LogP contribution in [-0.2, 0) is 5.54 Å². The third kappa shape index (κ3) is 3.44. The molecular formula is C18H23ClN4O2. The number of rotatable bonds is 2. The molecule has 0 radical (unpaired) electrons. The molecule has 0 atom stereocenters. The Hall–Kier alpha value is -2.21. The van der Waals surface area contributed by atoms with E-state index in [1.807, 2.05) is 39.0 Å². The highest BCUT2D eigenvalue weighted by Crippen LogP contribution is 2.29. The summed E-state index contributed by atoms with van der Waals surface area (Å²) in [5.41, 5.74) is 0.816. The van der Waals surface area contributed by atoms with Gasteiger partial charge in [0.25, 0.3) is 5.56 Å². The van der Waals surface area contributed by atoms with Crippen molar-refractivity contribution in [1.82, 2.24) is 9.78 Å². The standard InChI is InChI=1S/C18H23ClN4O2/c1-18(2,3)23-17(25)16(19)14(12-20-23)22-10-8-21(9-11-22)13-6-4-5-7-15(13)24/h4-7,12,24H,8-11H2,1-3H3. The van der Waals surface area contributed by atoms with Crippen LogP contribution in [-0.4, -0.2) is 41.1 Å². The first-order valence-corrected chi connectivity index (χ1v) is 8.73. The average molecular weight is 363 g/mol. The number of hydrogen-bond acceptors (Lipinski definition) is 5. The van der Waals surface area contributed by atoms with E-state index in [2.05, 4.69) is 14.9 Å². The summed E-state index contributed by atoms with van der Waals surface area (Å²) in [6, 6.07) is 7.32. The first-order chi connectivity index (χ1) is 11.8. The highest BCUT2D eigenvalue weighted by atomic mass is 35.5. The van der Waals surface area contributed by atoms with Crippen LogP contribution in [0.15, 0.2) is 35.3 Å². The van der Waals surface area contributed by atoms with Crippen LogP contribution in [0.4, 0.5) is 11.4 Å². The summed E-state index contributed by atoms with van der Waals surface area (Å²) in [5.74, 6) is 0.281. The topological polar surface area (TPSA) is 61.6 Å². The molecule has 134 valence electrons. The van der Waals surface area contributed by atoms with Crippen molar-refractivity contribution in [1.29, 1.82) is 0 Å². The molecule has 0 saturated carbocycles. The minimum absolute atomic E-state index is 0.209. The molecule has 0 unspecified atom stereocenters. The predicted molar refractivity (Wildman–Crippen MR) is 101 cm³/mol. The number of halogens is 1. The molecule has 25 heavy (non-hydrogen) atoms. The van der Waals surface area contributed by atoms with Crippen molar-refractivity contribution in [3.8, 4) is 5.75 Å². The summed E-state index contributed by atoms with van der Waals surface area (Å²) in [6.45, 7) is 8.63. The molecule has 1 aromatic heterocycles. The van der Waals surface area contributed by atoms with Gasteiger partial charge in [-0.15, -0.1) is 0 Å². The van der Waals surface area contributed by atoms with Gasteiger partial charge in [0.15, 0.2) is 0 Å². The van der Waals surface area contributed by atoms with Gasteiger partial charge in [-0.25, -0.2) is 4.68 Å². The summed E-state index contributed by atoms with van der Waals surface area (Å²) >= 11 is 6.35. The number of phenols is 1. The third-order valence-corrected chi connectivity index (χ3v) is 4.73. The number of phenolic OH excluding ortho intramolecular Hbond substituents is 1. The first-order valence-electron chi connectivity index (χ1n) is 8.35. The summed E-state index contributed by atoms with van der Waals surface area (Å²) in [6.07, 6.45) is 1.67. The Kier molecular flexibility index (Phi) is 4.64. The zero-order valence-electron chi connectivity index (χ0n) is 14.7. The van der Waals surface area contributed by atoms with Gasteiger partial charge in [-0.3, -0.25) is 4.79 Å². The number of anilines is 2. The van der Waals surface area contributed by atoms with Gasteiger partial charge in [-0.05, 0) is 32.9 Å². The lowest BCUT2D eigenvalue weighted by Crippen LogP contribution is -2.47. The summed E-state index contributed by atoms with van der Waals surface area (Å²) < 4.78 is 1.41. The molecule has 0 spiro atoms. The fourth-order valence-corrected chi connectivity index (χ4v) is 3.29. The van der Waals surface area contributed by atoms with Gasteiger partial charge < -0.3 is 14.9 Å². The van der Waals surface area contributed by atoms with Crippen LogP contribution in [0.25, 0.3) is 0 Å².